The summed E-state index contributed by atoms with van der Waals surface area (Å²) in [4.78, 5) is 4.10. The van der Waals surface area contributed by atoms with Crippen LogP contribution in [0.25, 0.3) is 0 Å². The Bertz CT molecular complexity index is 725. The van der Waals surface area contributed by atoms with Crippen molar-refractivity contribution in [3.63, 3.8) is 0 Å². The van der Waals surface area contributed by atoms with E-state index in [0.717, 1.165) is 0 Å². The van der Waals surface area contributed by atoms with Crippen molar-refractivity contribution in [2.45, 2.75) is 11.4 Å². The second kappa shape index (κ2) is 6.15. The van der Waals surface area contributed by atoms with Crippen LogP contribution in [0.4, 0.5) is 0 Å². The quantitative estimate of drug-likeness (QED) is 0.857. The second-order valence-corrected chi connectivity index (χ2v) is 6.03. The molecule has 0 saturated heterocycles. The number of hydrogen-bond acceptors (Lipinski definition) is 5. The molecular formula is C13H17N3O4S. The minimum absolute atomic E-state index is 0.0264. The third-order valence-corrected chi connectivity index (χ3v) is 4.42. The Balaban J connectivity index is 2.28. The molecule has 0 aliphatic carbocycles. The molecule has 8 heteroatoms. The molecule has 1 aromatic carbocycles. The number of aromatic nitrogens is 2. The van der Waals surface area contributed by atoms with Crippen molar-refractivity contribution in [3.8, 4) is 11.5 Å². The van der Waals surface area contributed by atoms with E-state index in [1.807, 2.05) is 0 Å². The molecule has 2 aromatic rings. The molecule has 114 valence electrons. The number of methoxy groups -OCH3 is 2. The number of nitrogens with one attached hydrogen (secondary N) is 1. The number of aryl methyl sites for hydroxylation is 1. The summed E-state index contributed by atoms with van der Waals surface area (Å²) in [6.45, 7) is 0.0895. The highest BCUT2D eigenvalue weighted by atomic mass is 32.2. The van der Waals surface area contributed by atoms with Crippen LogP contribution < -0.4 is 14.2 Å². The van der Waals surface area contributed by atoms with Crippen molar-refractivity contribution >= 4 is 10.0 Å². The maximum absolute atomic E-state index is 12.4. The normalized spacial score (nSPS) is 11.4. The SMILES string of the molecule is COc1ccc(OC)c(S(=O)(=O)NCc2nccn2C)c1. The first-order valence-electron chi connectivity index (χ1n) is 6.16. The fourth-order valence-electron chi connectivity index (χ4n) is 1.80. The van der Waals surface area contributed by atoms with Gasteiger partial charge in [0.05, 0.1) is 20.8 Å². The predicted octanol–water partition coefficient (Wildman–Crippen LogP) is 0.916. The van der Waals surface area contributed by atoms with Gasteiger partial charge in [0.15, 0.2) is 0 Å². The molecule has 0 spiro atoms. The molecule has 1 heterocycles. The summed E-state index contributed by atoms with van der Waals surface area (Å²) in [6, 6.07) is 4.60. The van der Waals surface area contributed by atoms with E-state index in [0.29, 0.717) is 11.6 Å². The van der Waals surface area contributed by atoms with Gasteiger partial charge in [-0.05, 0) is 12.1 Å². The number of rotatable bonds is 6. The van der Waals surface area contributed by atoms with Gasteiger partial charge in [0.1, 0.15) is 22.2 Å². The lowest BCUT2D eigenvalue weighted by Gasteiger charge is -2.12. The van der Waals surface area contributed by atoms with Crippen LogP contribution in [0.5, 0.6) is 11.5 Å². The molecule has 0 saturated carbocycles. The Labute approximate surface area is 123 Å². The Hall–Kier alpha value is -2.06. The summed E-state index contributed by atoms with van der Waals surface area (Å²) in [5, 5.41) is 0. The predicted molar refractivity (Wildman–Crippen MR) is 76.8 cm³/mol. The minimum Gasteiger partial charge on any atom is -0.497 e. The van der Waals surface area contributed by atoms with Crippen molar-refractivity contribution in [1.82, 2.24) is 14.3 Å². The lowest BCUT2D eigenvalue weighted by molar-refractivity contribution is 0.392. The van der Waals surface area contributed by atoms with E-state index in [1.165, 1.54) is 20.3 Å². The van der Waals surface area contributed by atoms with Crippen LogP contribution in [0.15, 0.2) is 35.5 Å². The summed E-state index contributed by atoms with van der Waals surface area (Å²) in [6.07, 6.45) is 3.35. The number of ether oxygens (including phenoxy) is 2. The summed E-state index contributed by atoms with van der Waals surface area (Å²) in [5.41, 5.74) is 0. The number of hydrogen-bond donors (Lipinski definition) is 1. The van der Waals surface area contributed by atoms with Crippen LogP contribution in [0.2, 0.25) is 0 Å². The largest absolute Gasteiger partial charge is 0.497 e. The first-order chi connectivity index (χ1) is 9.97. The molecule has 0 aliphatic rings. The lowest BCUT2D eigenvalue weighted by atomic mass is 10.3. The van der Waals surface area contributed by atoms with Crippen molar-refractivity contribution in [3.05, 3.63) is 36.4 Å². The second-order valence-electron chi connectivity index (χ2n) is 4.30. The molecule has 21 heavy (non-hydrogen) atoms. The molecule has 0 fully saturated rings. The highest BCUT2D eigenvalue weighted by Crippen LogP contribution is 2.28. The smallest absolute Gasteiger partial charge is 0.244 e. The molecule has 7 nitrogen and oxygen atoms in total. The van der Waals surface area contributed by atoms with Gasteiger partial charge in [-0.15, -0.1) is 0 Å². The van der Waals surface area contributed by atoms with Crippen molar-refractivity contribution in [1.29, 1.82) is 0 Å². The van der Waals surface area contributed by atoms with Gasteiger partial charge < -0.3 is 14.0 Å². The van der Waals surface area contributed by atoms with E-state index >= 15 is 0 Å². The Kier molecular flexibility index (Phi) is 4.49. The average molecular weight is 311 g/mol. The van der Waals surface area contributed by atoms with Crippen molar-refractivity contribution in [2.75, 3.05) is 14.2 Å². The monoisotopic (exact) mass is 311 g/mol. The number of imidazole rings is 1. The van der Waals surface area contributed by atoms with Crippen molar-refractivity contribution in [2.24, 2.45) is 7.05 Å². The number of benzene rings is 1. The lowest BCUT2D eigenvalue weighted by Crippen LogP contribution is -2.25. The minimum atomic E-state index is -3.74. The zero-order valence-corrected chi connectivity index (χ0v) is 12.8. The molecule has 0 bridgehead atoms. The van der Waals surface area contributed by atoms with Crippen LogP contribution >= 0.6 is 0 Å². The van der Waals surface area contributed by atoms with Gasteiger partial charge in [0.25, 0.3) is 0 Å². The molecule has 1 N–H and O–H groups in total. The van der Waals surface area contributed by atoms with Gasteiger partial charge in [-0.25, -0.2) is 18.1 Å². The molecular weight excluding hydrogens is 294 g/mol. The first-order valence-corrected chi connectivity index (χ1v) is 7.64. The Morgan fingerprint density at radius 3 is 2.62 bits per heavy atom. The molecule has 2 rings (SSSR count). The van der Waals surface area contributed by atoms with Gasteiger partial charge >= 0.3 is 0 Å². The maximum atomic E-state index is 12.4. The fraction of sp³-hybridized carbons (Fsp3) is 0.308. The summed E-state index contributed by atoms with van der Waals surface area (Å²) in [7, 11) is 0.946. The average Bonchev–Trinajstić information content (AvgIpc) is 2.90. The van der Waals surface area contributed by atoms with E-state index in [4.69, 9.17) is 9.47 Å². The van der Waals surface area contributed by atoms with E-state index in [-0.39, 0.29) is 17.2 Å². The van der Waals surface area contributed by atoms with Crippen molar-refractivity contribution < 1.29 is 17.9 Å². The summed E-state index contributed by atoms with van der Waals surface area (Å²) < 4.78 is 39.2. The van der Waals surface area contributed by atoms with Crippen LogP contribution in [0.1, 0.15) is 5.82 Å². The van der Waals surface area contributed by atoms with Gasteiger partial charge in [0, 0.05) is 25.5 Å². The molecule has 0 amide bonds. The summed E-state index contributed by atoms with van der Waals surface area (Å²) >= 11 is 0. The molecule has 0 unspecified atom stereocenters. The molecule has 1 aromatic heterocycles. The van der Waals surface area contributed by atoms with Gasteiger partial charge in [-0.1, -0.05) is 0 Å². The standard InChI is InChI=1S/C13H17N3O4S/c1-16-7-6-14-13(16)9-15-21(17,18)12-8-10(19-2)4-5-11(12)20-3/h4-8,15H,9H2,1-3H3. The number of nitrogens with zero attached hydrogens (tertiary/aromatic N) is 2. The fourth-order valence-corrected chi connectivity index (χ4v) is 2.96. The number of sulfonamides is 1. The van der Waals surface area contributed by atoms with Gasteiger partial charge in [-0.2, -0.15) is 0 Å². The van der Waals surface area contributed by atoms with Crippen LogP contribution in [0, 0.1) is 0 Å². The van der Waals surface area contributed by atoms with Crippen LogP contribution in [0.3, 0.4) is 0 Å². The third kappa shape index (κ3) is 3.34. The molecule has 0 atom stereocenters. The highest BCUT2D eigenvalue weighted by molar-refractivity contribution is 7.89. The third-order valence-electron chi connectivity index (χ3n) is 3.00. The topological polar surface area (TPSA) is 82.4 Å². The molecule has 0 aliphatic heterocycles. The highest BCUT2D eigenvalue weighted by Gasteiger charge is 2.20. The summed E-state index contributed by atoms with van der Waals surface area (Å²) in [5.74, 6) is 1.30. The van der Waals surface area contributed by atoms with Crippen LogP contribution in [-0.2, 0) is 23.6 Å². The van der Waals surface area contributed by atoms with E-state index in [2.05, 4.69) is 9.71 Å². The molecule has 0 radical (unpaired) electrons. The van der Waals surface area contributed by atoms with Gasteiger partial charge in [0.2, 0.25) is 10.0 Å². The van der Waals surface area contributed by atoms with Crippen LogP contribution in [-0.4, -0.2) is 32.2 Å². The Morgan fingerprint density at radius 2 is 2.05 bits per heavy atom. The maximum Gasteiger partial charge on any atom is 0.244 e. The zero-order valence-electron chi connectivity index (χ0n) is 12.0. The van der Waals surface area contributed by atoms with Gasteiger partial charge in [-0.3, -0.25) is 0 Å². The Morgan fingerprint density at radius 1 is 1.29 bits per heavy atom. The van der Waals surface area contributed by atoms with E-state index in [1.54, 1.807) is 36.1 Å². The van der Waals surface area contributed by atoms with E-state index in [9.17, 15) is 8.42 Å². The zero-order chi connectivity index (χ0) is 15.5. The first kappa shape index (κ1) is 15.3. The van der Waals surface area contributed by atoms with E-state index < -0.39 is 10.0 Å².